The number of nitrogens with one attached hydrogen (secondary N) is 1. The molecule has 0 aliphatic carbocycles. The minimum absolute atomic E-state index is 0.458. The summed E-state index contributed by atoms with van der Waals surface area (Å²) in [5, 5.41) is 3.18. The normalized spacial score (nSPS) is 12.5. The van der Waals surface area contributed by atoms with E-state index in [1.54, 1.807) is 6.20 Å². The topological polar surface area (TPSA) is 77.0 Å². The van der Waals surface area contributed by atoms with Gasteiger partial charge in [0, 0.05) is 6.54 Å². The van der Waals surface area contributed by atoms with E-state index < -0.39 is 0 Å². The quantitative estimate of drug-likeness (QED) is 0.636. The maximum atomic E-state index is 5.50. The Labute approximate surface area is 78.3 Å². The number of anilines is 2. The number of nitrogens with zero attached hydrogens (tertiary/aromatic N) is 1. The number of rotatable bonds is 4. The Bertz CT molecular complexity index is 244. The van der Waals surface area contributed by atoms with Crippen molar-refractivity contribution in [1.82, 2.24) is 4.98 Å². The van der Waals surface area contributed by atoms with Gasteiger partial charge in [0.1, 0.15) is 5.82 Å². The second-order valence-corrected chi connectivity index (χ2v) is 3.20. The first kappa shape index (κ1) is 9.80. The van der Waals surface area contributed by atoms with Crippen LogP contribution in [0.1, 0.15) is 6.92 Å². The third-order valence-corrected chi connectivity index (χ3v) is 1.82. The van der Waals surface area contributed by atoms with Crippen LogP contribution < -0.4 is 16.8 Å². The molecule has 1 aromatic rings. The van der Waals surface area contributed by atoms with E-state index in [1.165, 1.54) is 0 Å². The zero-order valence-electron chi connectivity index (χ0n) is 7.83. The lowest BCUT2D eigenvalue weighted by atomic mass is 10.2. The summed E-state index contributed by atoms with van der Waals surface area (Å²) in [6.45, 7) is 3.61. The smallest absolute Gasteiger partial charge is 0.126 e. The Hall–Kier alpha value is -1.29. The second-order valence-electron chi connectivity index (χ2n) is 3.20. The highest BCUT2D eigenvalue weighted by Crippen LogP contribution is 2.06. The third kappa shape index (κ3) is 3.29. The lowest BCUT2D eigenvalue weighted by Gasteiger charge is -2.10. The fraction of sp³-hybridized carbons (Fsp3) is 0.444. The Kier molecular flexibility index (Phi) is 3.52. The molecule has 13 heavy (non-hydrogen) atoms. The first-order chi connectivity index (χ1) is 6.22. The standard InChI is InChI=1S/C9H16N4/c1-7(4-10)5-12-9-3-2-8(11)6-13-9/h2-3,6-7H,4-5,10-11H2,1H3,(H,12,13). The molecule has 0 amide bonds. The van der Waals surface area contributed by atoms with Crippen LogP contribution in [0.3, 0.4) is 0 Å². The van der Waals surface area contributed by atoms with Crippen LogP contribution in [-0.2, 0) is 0 Å². The summed E-state index contributed by atoms with van der Waals surface area (Å²) in [5.74, 6) is 1.30. The van der Waals surface area contributed by atoms with Crippen LogP contribution in [-0.4, -0.2) is 18.1 Å². The van der Waals surface area contributed by atoms with E-state index in [0.717, 1.165) is 12.4 Å². The summed E-state index contributed by atoms with van der Waals surface area (Å²) < 4.78 is 0. The molecule has 0 aliphatic rings. The Morgan fingerprint density at radius 2 is 2.31 bits per heavy atom. The number of nitrogens with two attached hydrogens (primary N) is 2. The van der Waals surface area contributed by atoms with E-state index >= 15 is 0 Å². The van der Waals surface area contributed by atoms with Crippen molar-refractivity contribution in [1.29, 1.82) is 0 Å². The molecule has 1 aromatic heterocycles. The summed E-state index contributed by atoms with van der Waals surface area (Å²) in [4.78, 5) is 4.11. The Morgan fingerprint density at radius 3 is 2.85 bits per heavy atom. The fourth-order valence-corrected chi connectivity index (χ4v) is 0.872. The zero-order valence-corrected chi connectivity index (χ0v) is 7.83. The molecule has 1 unspecified atom stereocenters. The van der Waals surface area contributed by atoms with Gasteiger partial charge in [-0.05, 0) is 24.6 Å². The highest BCUT2D eigenvalue weighted by Gasteiger charge is 1.98. The maximum Gasteiger partial charge on any atom is 0.126 e. The molecule has 4 nitrogen and oxygen atoms in total. The van der Waals surface area contributed by atoms with Gasteiger partial charge in [0.25, 0.3) is 0 Å². The van der Waals surface area contributed by atoms with Gasteiger partial charge in [-0.1, -0.05) is 6.92 Å². The van der Waals surface area contributed by atoms with Gasteiger partial charge in [0.15, 0.2) is 0 Å². The van der Waals surface area contributed by atoms with Crippen molar-refractivity contribution in [3.63, 3.8) is 0 Å². The molecule has 0 radical (unpaired) electrons. The number of hydrogen-bond donors (Lipinski definition) is 3. The Morgan fingerprint density at radius 1 is 1.54 bits per heavy atom. The first-order valence-corrected chi connectivity index (χ1v) is 4.38. The molecule has 0 saturated carbocycles. The molecule has 0 fully saturated rings. The summed E-state index contributed by atoms with van der Waals surface area (Å²) in [6.07, 6.45) is 1.63. The van der Waals surface area contributed by atoms with Crippen LogP contribution in [0.4, 0.5) is 11.5 Å². The first-order valence-electron chi connectivity index (χ1n) is 4.38. The van der Waals surface area contributed by atoms with Gasteiger partial charge in [0.2, 0.25) is 0 Å². The molecule has 1 atom stereocenters. The summed E-state index contributed by atoms with van der Waals surface area (Å²) in [7, 11) is 0. The van der Waals surface area contributed by atoms with Gasteiger partial charge >= 0.3 is 0 Å². The van der Waals surface area contributed by atoms with Crippen molar-refractivity contribution < 1.29 is 0 Å². The molecule has 0 saturated heterocycles. The van der Waals surface area contributed by atoms with Crippen LogP contribution in [0.15, 0.2) is 18.3 Å². The van der Waals surface area contributed by atoms with Crippen LogP contribution in [0, 0.1) is 5.92 Å². The minimum atomic E-state index is 0.458. The van der Waals surface area contributed by atoms with Crippen LogP contribution >= 0.6 is 0 Å². The third-order valence-electron chi connectivity index (χ3n) is 1.82. The molecule has 1 heterocycles. The van der Waals surface area contributed by atoms with Gasteiger partial charge in [-0.25, -0.2) is 4.98 Å². The summed E-state index contributed by atoms with van der Waals surface area (Å²) >= 11 is 0. The molecule has 72 valence electrons. The van der Waals surface area contributed by atoms with Crippen molar-refractivity contribution in [2.24, 2.45) is 11.7 Å². The molecule has 5 N–H and O–H groups in total. The van der Waals surface area contributed by atoms with E-state index in [1.807, 2.05) is 12.1 Å². The fourth-order valence-electron chi connectivity index (χ4n) is 0.872. The van der Waals surface area contributed by atoms with Gasteiger partial charge in [0.05, 0.1) is 11.9 Å². The SMILES string of the molecule is CC(CN)CNc1ccc(N)cn1. The Balaban J connectivity index is 2.41. The molecule has 4 heteroatoms. The van der Waals surface area contributed by atoms with Gasteiger partial charge in [-0.3, -0.25) is 0 Å². The molecular weight excluding hydrogens is 164 g/mol. The predicted octanol–water partition coefficient (Wildman–Crippen LogP) is 0.670. The largest absolute Gasteiger partial charge is 0.397 e. The van der Waals surface area contributed by atoms with E-state index in [-0.39, 0.29) is 0 Å². The molecule has 0 aromatic carbocycles. The van der Waals surface area contributed by atoms with Crippen LogP contribution in [0.5, 0.6) is 0 Å². The van der Waals surface area contributed by atoms with Gasteiger partial charge in [-0.2, -0.15) is 0 Å². The highest BCUT2D eigenvalue weighted by atomic mass is 15.0. The van der Waals surface area contributed by atoms with E-state index in [0.29, 0.717) is 18.2 Å². The molecule has 0 bridgehead atoms. The maximum absolute atomic E-state index is 5.50. The van der Waals surface area contributed by atoms with Crippen LogP contribution in [0.25, 0.3) is 0 Å². The van der Waals surface area contributed by atoms with Gasteiger partial charge < -0.3 is 16.8 Å². The molecule has 0 aliphatic heterocycles. The average molecular weight is 180 g/mol. The second kappa shape index (κ2) is 4.67. The predicted molar refractivity (Wildman–Crippen MR) is 55.4 cm³/mol. The summed E-state index contributed by atoms with van der Waals surface area (Å²) in [5.41, 5.74) is 11.7. The minimum Gasteiger partial charge on any atom is -0.397 e. The molecule has 0 spiro atoms. The number of aromatic nitrogens is 1. The average Bonchev–Trinajstić information content (AvgIpc) is 2.16. The lowest BCUT2D eigenvalue weighted by molar-refractivity contribution is 0.627. The monoisotopic (exact) mass is 180 g/mol. The van der Waals surface area contributed by atoms with E-state index in [4.69, 9.17) is 11.5 Å². The number of nitrogen functional groups attached to an aromatic ring is 1. The van der Waals surface area contributed by atoms with Crippen LogP contribution in [0.2, 0.25) is 0 Å². The van der Waals surface area contributed by atoms with E-state index in [2.05, 4.69) is 17.2 Å². The van der Waals surface area contributed by atoms with Gasteiger partial charge in [-0.15, -0.1) is 0 Å². The lowest BCUT2D eigenvalue weighted by Crippen LogP contribution is -2.20. The molecule has 1 rings (SSSR count). The van der Waals surface area contributed by atoms with Crippen molar-refractivity contribution in [3.8, 4) is 0 Å². The number of hydrogen-bond acceptors (Lipinski definition) is 4. The van der Waals surface area contributed by atoms with Crippen molar-refractivity contribution in [2.45, 2.75) is 6.92 Å². The number of pyridine rings is 1. The van der Waals surface area contributed by atoms with Crippen molar-refractivity contribution in [2.75, 3.05) is 24.1 Å². The molecular formula is C9H16N4. The van der Waals surface area contributed by atoms with E-state index in [9.17, 15) is 0 Å². The van der Waals surface area contributed by atoms with Crippen molar-refractivity contribution >= 4 is 11.5 Å². The van der Waals surface area contributed by atoms with Crippen molar-refractivity contribution in [3.05, 3.63) is 18.3 Å². The summed E-state index contributed by atoms with van der Waals surface area (Å²) in [6, 6.07) is 3.68. The zero-order chi connectivity index (χ0) is 9.68. The highest BCUT2D eigenvalue weighted by molar-refractivity contribution is 5.43.